The van der Waals surface area contributed by atoms with Crippen LogP contribution in [0, 0.1) is 17.6 Å². The van der Waals surface area contributed by atoms with E-state index < -0.39 is 18.0 Å². The normalized spacial score (nSPS) is 19.4. The average Bonchev–Trinajstić information content (AvgIpc) is 3.24. The highest BCUT2D eigenvalue weighted by Gasteiger charge is 2.28. The topological polar surface area (TPSA) is 152 Å². The summed E-state index contributed by atoms with van der Waals surface area (Å²) >= 11 is 0. The molecule has 4 fully saturated rings. The molecule has 0 spiro atoms. The summed E-state index contributed by atoms with van der Waals surface area (Å²) in [5, 5.41) is 8.65. The maximum absolute atomic E-state index is 14.8. The van der Waals surface area contributed by atoms with Crippen LogP contribution in [0.1, 0.15) is 64.7 Å². The molecule has 1 unspecified atom stereocenters. The quantitative estimate of drug-likeness (QED) is 0.163. The van der Waals surface area contributed by atoms with Gasteiger partial charge < -0.3 is 25.2 Å². The van der Waals surface area contributed by atoms with Crippen LogP contribution in [-0.2, 0) is 19.1 Å². The Labute approximate surface area is 338 Å². The highest BCUT2D eigenvalue weighted by atomic mass is 19.1. The van der Waals surface area contributed by atoms with E-state index in [4.69, 9.17) is 4.74 Å². The van der Waals surface area contributed by atoms with Crippen LogP contribution in [0.15, 0.2) is 48.7 Å². The van der Waals surface area contributed by atoms with E-state index in [0.29, 0.717) is 53.5 Å². The van der Waals surface area contributed by atoms with Crippen molar-refractivity contribution in [1.82, 2.24) is 25.1 Å². The van der Waals surface area contributed by atoms with Crippen molar-refractivity contribution in [2.45, 2.75) is 76.8 Å². The Bertz CT molecular complexity index is 1880. The second-order valence-corrected chi connectivity index (χ2v) is 15.3. The number of nitrogens with one attached hydrogen (secondary N) is 3. The lowest BCUT2D eigenvalue weighted by atomic mass is 9.95. The molecule has 4 heterocycles. The van der Waals surface area contributed by atoms with Gasteiger partial charge in [-0.15, -0.1) is 0 Å². The number of anilines is 4. The molecule has 1 aliphatic carbocycles. The molecule has 0 bridgehead atoms. The van der Waals surface area contributed by atoms with Gasteiger partial charge in [0.15, 0.2) is 5.82 Å². The average molecular weight is 804 g/mol. The summed E-state index contributed by atoms with van der Waals surface area (Å²) in [5.41, 5.74) is 2.56. The number of halogens is 2. The zero-order valence-corrected chi connectivity index (χ0v) is 33.4. The van der Waals surface area contributed by atoms with Crippen molar-refractivity contribution in [3.8, 4) is 11.3 Å². The molecule has 14 nitrogen and oxygen atoms in total. The molecule has 1 aromatic heterocycles. The van der Waals surface area contributed by atoms with Crippen LogP contribution in [0.25, 0.3) is 11.3 Å². The standard InChI is InChI=1S/C22H30FN5O3.C20H25FN4O2/c23-18-13-17(24-19-2-4-21(30)25-22(19)31)1-3-20(18)28-7-5-16(6-8-28)14-26-9-11-27(15-29)12-10-26;1-3-25(20(26)27-2)16-11-7-8-14(12-16)18-17(21)13-22-19(24-18)23-15-9-5-4-6-10-15/h1,3,13,15-16,19,24H,2,4-12,14H2,(H,25,30,31);7-8,11-13,15H,3-6,9-10H2,1-2H3,(H,22,23,24). The van der Waals surface area contributed by atoms with E-state index in [1.807, 2.05) is 11.8 Å². The van der Waals surface area contributed by atoms with Crippen LogP contribution in [0.3, 0.4) is 0 Å². The van der Waals surface area contributed by atoms with Gasteiger partial charge in [-0.1, -0.05) is 31.4 Å². The molecule has 3 N–H and O–H groups in total. The lowest BCUT2D eigenvalue weighted by Gasteiger charge is -2.38. The Morgan fingerprint density at radius 3 is 2.38 bits per heavy atom. The van der Waals surface area contributed by atoms with Gasteiger partial charge >= 0.3 is 6.09 Å². The van der Waals surface area contributed by atoms with Crippen LogP contribution in [0.2, 0.25) is 0 Å². The Morgan fingerprint density at radius 2 is 1.71 bits per heavy atom. The Morgan fingerprint density at radius 1 is 0.948 bits per heavy atom. The summed E-state index contributed by atoms with van der Waals surface area (Å²) in [4.78, 5) is 62.2. The molecular formula is C42H55F2N9O5. The number of hydrogen-bond acceptors (Lipinski definition) is 11. The van der Waals surface area contributed by atoms with Crippen molar-refractivity contribution >= 4 is 47.3 Å². The third-order valence-electron chi connectivity index (χ3n) is 11.4. The predicted octanol–water partition coefficient (Wildman–Crippen LogP) is 5.65. The molecule has 312 valence electrons. The fraction of sp³-hybridized carbons (Fsp3) is 0.524. The summed E-state index contributed by atoms with van der Waals surface area (Å²) in [7, 11) is 1.34. The molecule has 4 aliphatic rings. The maximum atomic E-state index is 14.8. The number of carbonyl (C=O) groups is 4. The van der Waals surface area contributed by atoms with Crippen molar-refractivity contribution < 1.29 is 32.7 Å². The van der Waals surface area contributed by atoms with E-state index in [1.54, 1.807) is 36.4 Å². The number of piperidine rings is 2. The minimum absolute atomic E-state index is 0.214. The molecule has 0 radical (unpaired) electrons. The Kier molecular flexibility index (Phi) is 14.8. The second kappa shape index (κ2) is 20.4. The zero-order valence-electron chi connectivity index (χ0n) is 33.4. The van der Waals surface area contributed by atoms with Crippen LogP contribution < -0.4 is 25.8 Å². The first-order valence-corrected chi connectivity index (χ1v) is 20.5. The van der Waals surface area contributed by atoms with E-state index in [2.05, 4.69) is 35.7 Å². The van der Waals surface area contributed by atoms with Crippen molar-refractivity contribution in [1.29, 1.82) is 0 Å². The van der Waals surface area contributed by atoms with E-state index >= 15 is 0 Å². The summed E-state index contributed by atoms with van der Waals surface area (Å²) in [6, 6.07) is 11.9. The summed E-state index contributed by atoms with van der Waals surface area (Å²) in [5.74, 6) is -0.408. The van der Waals surface area contributed by atoms with Crippen molar-refractivity contribution in [3.63, 3.8) is 0 Å². The van der Waals surface area contributed by atoms with Crippen LogP contribution in [-0.4, -0.2) is 116 Å². The van der Waals surface area contributed by atoms with E-state index in [-0.39, 0.29) is 29.7 Å². The summed E-state index contributed by atoms with van der Waals surface area (Å²) in [6.07, 6.45) is 10.2. The molecule has 4 amide bonds. The fourth-order valence-electron chi connectivity index (χ4n) is 8.08. The molecule has 16 heteroatoms. The highest BCUT2D eigenvalue weighted by molar-refractivity contribution is 6.01. The van der Waals surface area contributed by atoms with E-state index in [9.17, 15) is 28.0 Å². The molecule has 58 heavy (non-hydrogen) atoms. The minimum atomic E-state index is -0.521. The van der Waals surface area contributed by atoms with Gasteiger partial charge in [0.25, 0.3) is 0 Å². The van der Waals surface area contributed by atoms with Gasteiger partial charge in [0, 0.05) is 81.8 Å². The van der Waals surface area contributed by atoms with Crippen molar-refractivity contribution in [2.75, 3.05) is 79.9 Å². The summed E-state index contributed by atoms with van der Waals surface area (Å²) < 4.78 is 34.0. The molecule has 3 aromatic rings. The van der Waals surface area contributed by atoms with Crippen LogP contribution >= 0.6 is 0 Å². The van der Waals surface area contributed by atoms with Crippen molar-refractivity contribution in [3.05, 3.63) is 60.3 Å². The number of amides is 4. The Hall–Kier alpha value is -5.38. The van der Waals surface area contributed by atoms with Gasteiger partial charge in [0.1, 0.15) is 17.6 Å². The minimum Gasteiger partial charge on any atom is -0.452 e. The third kappa shape index (κ3) is 11.2. The largest absolute Gasteiger partial charge is 0.452 e. The number of carbonyl (C=O) groups excluding carboxylic acids is 4. The number of imide groups is 1. The number of hydrogen-bond donors (Lipinski definition) is 3. The zero-order chi connectivity index (χ0) is 41.0. The third-order valence-corrected chi connectivity index (χ3v) is 11.4. The van der Waals surface area contributed by atoms with Gasteiger partial charge in [-0.25, -0.2) is 23.5 Å². The number of ether oxygens (including phenoxy) is 1. The van der Waals surface area contributed by atoms with Gasteiger partial charge in [-0.3, -0.25) is 29.5 Å². The maximum Gasteiger partial charge on any atom is 0.413 e. The van der Waals surface area contributed by atoms with E-state index in [0.717, 1.165) is 77.9 Å². The van der Waals surface area contributed by atoms with Crippen LogP contribution in [0.5, 0.6) is 0 Å². The van der Waals surface area contributed by atoms with Crippen LogP contribution in [0.4, 0.5) is 36.6 Å². The highest BCUT2D eigenvalue weighted by Crippen LogP contribution is 2.30. The molecule has 1 saturated carbocycles. The van der Waals surface area contributed by atoms with Gasteiger partial charge in [-0.2, -0.15) is 0 Å². The molecule has 3 aliphatic heterocycles. The monoisotopic (exact) mass is 803 g/mol. The van der Waals surface area contributed by atoms with Crippen molar-refractivity contribution in [2.24, 2.45) is 5.92 Å². The first-order valence-electron chi connectivity index (χ1n) is 20.5. The van der Waals surface area contributed by atoms with Gasteiger partial charge in [-0.05, 0) is 75.3 Å². The molecule has 2 aromatic carbocycles. The van der Waals surface area contributed by atoms with Gasteiger partial charge in [0.2, 0.25) is 24.2 Å². The summed E-state index contributed by atoms with van der Waals surface area (Å²) in [6.45, 7) is 8.41. The fourth-order valence-corrected chi connectivity index (χ4v) is 8.08. The number of nitrogens with zero attached hydrogens (tertiary/aromatic N) is 6. The smallest absolute Gasteiger partial charge is 0.413 e. The number of piperazine rings is 1. The molecular weight excluding hydrogens is 749 g/mol. The lowest BCUT2D eigenvalue weighted by Crippen LogP contribution is -2.48. The number of aromatic nitrogens is 2. The number of methoxy groups -OCH3 is 1. The first kappa shape index (κ1) is 42.2. The lowest BCUT2D eigenvalue weighted by molar-refractivity contribution is -0.133. The number of rotatable bonds is 11. The molecule has 7 rings (SSSR count). The predicted molar refractivity (Wildman–Crippen MR) is 219 cm³/mol. The first-order chi connectivity index (χ1) is 28.1. The molecule has 3 saturated heterocycles. The molecule has 1 atom stereocenters. The Balaban J connectivity index is 0.000000198. The number of benzene rings is 2. The van der Waals surface area contributed by atoms with E-state index in [1.165, 1.54) is 43.5 Å². The second-order valence-electron chi connectivity index (χ2n) is 15.3. The SMILES string of the molecule is CCN(C(=O)OC)c1cccc(-c2nc(NC3CCCCC3)ncc2F)c1.O=CN1CCN(CC2CCN(c3ccc(NC4CCC(=O)NC4=O)cc3F)CC2)CC1. The van der Waals surface area contributed by atoms with Gasteiger partial charge in [0.05, 0.1) is 19.0 Å².